The average Bonchev–Trinajstić information content (AvgIpc) is 2.39. The van der Waals surface area contributed by atoms with E-state index in [-0.39, 0.29) is 17.3 Å². The molecule has 1 saturated heterocycles. The van der Waals surface area contributed by atoms with Crippen LogP contribution in [0.1, 0.15) is 25.0 Å². The molecule has 20 heavy (non-hydrogen) atoms. The molecule has 110 valence electrons. The summed E-state index contributed by atoms with van der Waals surface area (Å²) in [6.07, 6.45) is 0. The zero-order chi connectivity index (χ0) is 14.8. The van der Waals surface area contributed by atoms with Crippen LogP contribution in [0.5, 0.6) is 0 Å². The van der Waals surface area contributed by atoms with E-state index in [1.807, 2.05) is 13.8 Å². The van der Waals surface area contributed by atoms with Crippen molar-refractivity contribution < 1.29 is 14.3 Å². The Balaban J connectivity index is 2.10. The lowest BCUT2D eigenvalue weighted by molar-refractivity contribution is -0.0884. The van der Waals surface area contributed by atoms with Crippen molar-refractivity contribution in [2.75, 3.05) is 19.7 Å². The summed E-state index contributed by atoms with van der Waals surface area (Å²) in [6.45, 7) is 6.76. The maximum absolute atomic E-state index is 14.0. The van der Waals surface area contributed by atoms with E-state index >= 15 is 0 Å². The van der Waals surface area contributed by atoms with Gasteiger partial charge in [0.2, 0.25) is 0 Å². The first-order valence-corrected chi connectivity index (χ1v) is 6.54. The quantitative estimate of drug-likeness (QED) is 0.381. The lowest BCUT2D eigenvalue weighted by Crippen LogP contribution is -2.47. The number of nitrogens with two attached hydrogens (primary N) is 1. The number of ether oxygens (including phenoxy) is 1. The fourth-order valence-electron chi connectivity index (χ4n) is 2.38. The Morgan fingerprint density at radius 3 is 2.90 bits per heavy atom. The Hall–Kier alpha value is -1.66. The van der Waals surface area contributed by atoms with E-state index in [2.05, 4.69) is 10.1 Å². The molecule has 0 spiro atoms. The molecule has 0 saturated carbocycles. The maximum Gasteiger partial charge on any atom is 0.170 e. The molecule has 1 fully saturated rings. The zero-order valence-electron chi connectivity index (χ0n) is 11.8. The number of hydrogen-bond acceptors (Lipinski definition) is 4. The van der Waals surface area contributed by atoms with Crippen LogP contribution in [0.15, 0.2) is 23.4 Å². The molecule has 1 aromatic rings. The summed E-state index contributed by atoms with van der Waals surface area (Å²) in [5.74, 6) is -0.443. The monoisotopic (exact) mass is 281 g/mol. The van der Waals surface area contributed by atoms with Gasteiger partial charge in [0.1, 0.15) is 5.82 Å². The molecule has 1 heterocycles. The van der Waals surface area contributed by atoms with Crippen LogP contribution in [0.3, 0.4) is 0 Å². The number of benzene rings is 1. The first kappa shape index (κ1) is 14.7. The molecular weight excluding hydrogens is 261 g/mol. The lowest BCUT2D eigenvalue weighted by Gasteiger charge is -2.38. The van der Waals surface area contributed by atoms with E-state index in [9.17, 15) is 4.39 Å². The first-order valence-electron chi connectivity index (χ1n) is 6.54. The Morgan fingerprint density at radius 1 is 1.55 bits per heavy atom. The highest BCUT2D eigenvalue weighted by Gasteiger charge is 2.27. The second-order valence-corrected chi connectivity index (χ2v) is 5.61. The predicted molar refractivity (Wildman–Crippen MR) is 74.2 cm³/mol. The van der Waals surface area contributed by atoms with Crippen molar-refractivity contribution in [3.8, 4) is 0 Å². The van der Waals surface area contributed by atoms with E-state index in [0.717, 1.165) is 13.1 Å². The molecule has 0 unspecified atom stereocenters. The topological polar surface area (TPSA) is 71.1 Å². The first-order chi connectivity index (χ1) is 9.41. The molecule has 6 heteroatoms. The number of rotatable bonds is 3. The van der Waals surface area contributed by atoms with E-state index in [4.69, 9.17) is 15.7 Å². The summed E-state index contributed by atoms with van der Waals surface area (Å²) in [5.41, 5.74) is 6.20. The molecule has 0 radical (unpaired) electrons. The third-order valence-electron chi connectivity index (χ3n) is 3.36. The van der Waals surface area contributed by atoms with E-state index in [1.54, 1.807) is 12.1 Å². The highest BCUT2D eigenvalue weighted by Crippen LogP contribution is 2.20. The second kappa shape index (κ2) is 5.76. The van der Waals surface area contributed by atoms with Crippen LogP contribution < -0.4 is 5.73 Å². The number of hydrogen-bond donors (Lipinski definition) is 2. The molecule has 5 nitrogen and oxygen atoms in total. The van der Waals surface area contributed by atoms with Gasteiger partial charge in [0, 0.05) is 30.8 Å². The van der Waals surface area contributed by atoms with Crippen LogP contribution >= 0.6 is 0 Å². The predicted octanol–water partition coefficient (Wildman–Crippen LogP) is 1.53. The van der Waals surface area contributed by atoms with Crippen LogP contribution in [0.25, 0.3) is 0 Å². The number of oxime groups is 1. The molecule has 0 amide bonds. The van der Waals surface area contributed by atoms with Gasteiger partial charge in [-0.1, -0.05) is 17.3 Å². The molecule has 0 aliphatic carbocycles. The van der Waals surface area contributed by atoms with Crippen LogP contribution in [-0.4, -0.2) is 41.2 Å². The van der Waals surface area contributed by atoms with Crippen LogP contribution in [0.2, 0.25) is 0 Å². The minimum absolute atomic E-state index is 0.0945. The summed E-state index contributed by atoms with van der Waals surface area (Å²) in [5, 5.41) is 11.5. The number of halogens is 1. The molecule has 1 aromatic carbocycles. The van der Waals surface area contributed by atoms with Crippen molar-refractivity contribution >= 4 is 5.84 Å². The maximum atomic E-state index is 14.0. The van der Waals surface area contributed by atoms with Gasteiger partial charge < -0.3 is 15.7 Å². The zero-order valence-corrected chi connectivity index (χ0v) is 11.8. The third kappa shape index (κ3) is 3.46. The highest BCUT2D eigenvalue weighted by atomic mass is 19.1. The molecular formula is C14H20FN3O2. The molecule has 3 N–H and O–H groups in total. The molecule has 0 bridgehead atoms. The third-order valence-corrected chi connectivity index (χ3v) is 3.36. The van der Waals surface area contributed by atoms with Crippen molar-refractivity contribution in [3.63, 3.8) is 0 Å². The Kier molecular flexibility index (Phi) is 4.25. The Morgan fingerprint density at radius 2 is 2.30 bits per heavy atom. The normalized spacial score (nSPS) is 20.1. The van der Waals surface area contributed by atoms with Gasteiger partial charge in [0.25, 0.3) is 0 Å². The number of morpholine rings is 1. The average molecular weight is 281 g/mol. The van der Waals surface area contributed by atoms with E-state index in [1.165, 1.54) is 6.07 Å². The van der Waals surface area contributed by atoms with Crippen molar-refractivity contribution in [2.45, 2.75) is 26.0 Å². The minimum Gasteiger partial charge on any atom is -0.409 e. The fourth-order valence-corrected chi connectivity index (χ4v) is 2.38. The second-order valence-electron chi connectivity index (χ2n) is 5.61. The smallest absolute Gasteiger partial charge is 0.170 e. The van der Waals surface area contributed by atoms with E-state index in [0.29, 0.717) is 24.3 Å². The SMILES string of the molecule is CC1(C)CN(Cc2ccc(/C(N)=N/O)cc2F)CCO1. The highest BCUT2D eigenvalue weighted by molar-refractivity contribution is 5.97. The van der Waals surface area contributed by atoms with Crippen LogP contribution in [0, 0.1) is 5.82 Å². The Bertz CT molecular complexity index is 517. The fraction of sp³-hybridized carbons (Fsp3) is 0.500. The summed E-state index contributed by atoms with van der Waals surface area (Å²) >= 11 is 0. The summed E-state index contributed by atoms with van der Waals surface area (Å²) in [7, 11) is 0. The molecule has 0 aromatic heterocycles. The summed E-state index contributed by atoms with van der Waals surface area (Å²) < 4.78 is 19.7. The largest absolute Gasteiger partial charge is 0.409 e. The van der Waals surface area contributed by atoms with Gasteiger partial charge in [-0.2, -0.15) is 0 Å². The van der Waals surface area contributed by atoms with Crippen molar-refractivity contribution in [1.82, 2.24) is 4.90 Å². The van der Waals surface area contributed by atoms with Gasteiger partial charge >= 0.3 is 0 Å². The summed E-state index contributed by atoms with van der Waals surface area (Å²) in [6, 6.07) is 4.61. The molecule has 2 rings (SSSR count). The van der Waals surface area contributed by atoms with Gasteiger partial charge in [0.15, 0.2) is 5.84 Å². The molecule has 1 aliphatic rings. The molecule has 1 aliphatic heterocycles. The minimum atomic E-state index is -0.349. The van der Waals surface area contributed by atoms with Gasteiger partial charge in [-0.25, -0.2) is 4.39 Å². The van der Waals surface area contributed by atoms with Crippen molar-refractivity contribution in [3.05, 3.63) is 35.1 Å². The Labute approximate surface area is 117 Å². The van der Waals surface area contributed by atoms with Crippen LogP contribution in [-0.2, 0) is 11.3 Å². The van der Waals surface area contributed by atoms with Gasteiger partial charge in [0.05, 0.1) is 12.2 Å². The standard InChI is InChI=1S/C14H20FN3O2/c1-14(2)9-18(5-6-20-14)8-11-4-3-10(7-12(11)15)13(16)17-19/h3-4,7,19H,5-6,8-9H2,1-2H3,(H2,16,17). The van der Waals surface area contributed by atoms with Crippen molar-refractivity contribution in [1.29, 1.82) is 0 Å². The molecule has 0 atom stereocenters. The van der Waals surface area contributed by atoms with Gasteiger partial charge in [-0.15, -0.1) is 0 Å². The number of nitrogens with zero attached hydrogens (tertiary/aromatic N) is 2. The summed E-state index contributed by atoms with van der Waals surface area (Å²) in [4.78, 5) is 2.16. The van der Waals surface area contributed by atoms with Gasteiger partial charge in [-0.3, -0.25) is 4.90 Å². The lowest BCUT2D eigenvalue weighted by atomic mass is 10.1. The van der Waals surface area contributed by atoms with Crippen LogP contribution in [0.4, 0.5) is 4.39 Å². The number of amidine groups is 1. The van der Waals surface area contributed by atoms with Crippen molar-refractivity contribution in [2.24, 2.45) is 10.9 Å². The van der Waals surface area contributed by atoms with E-state index < -0.39 is 0 Å². The van der Waals surface area contributed by atoms with Gasteiger partial charge in [-0.05, 0) is 19.9 Å².